The number of nitrogens with zero attached hydrogens (tertiary/aromatic N) is 1. The fourth-order valence-electron chi connectivity index (χ4n) is 3.87. The minimum absolute atomic E-state index is 0.0963. The molecule has 1 amide bonds. The van der Waals surface area contributed by atoms with E-state index in [2.05, 4.69) is 29.3 Å². The summed E-state index contributed by atoms with van der Waals surface area (Å²) in [5.74, 6) is 0.762. The maximum atomic E-state index is 12.7. The van der Waals surface area contributed by atoms with Crippen molar-refractivity contribution < 1.29 is 4.79 Å². The van der Waals surface area contributed by atoms with E-state index in [4.69, 9.17) is 0 Å². The molecule has 3 saturated heterocycles. The van der Waals surface area contributed by atoms with E-state index in [1.807, 2.05) is 24.3 Å². The lowest BCUT2D eigenvalue weighted by atomic mass is 9.84. The molecule has 5 rings (SSSR count). The number of amides is 1. The van der Waals surface area contributed by atoms with Crippen molar-refractivity contribution in [2.75, 3.05) is 19.6 Å². The SMILES string of the molecule is Cc1sc(C(=O)N[C@H]2CN3CCC2CC3)cc1-c1ccccc1. The van der Waals surface area contributed by atoms with Crippen LogP contribution in [0.4, 0.5) is 0 Å². The van der Waals surface area contributed by atoms with Crippen LogP contribution in [0, 0.1) is 12.8 Å². The summed E-state index contributed by atoms with van der Waals surface area (Å²) in [7, 11) is 0. The molecule has 1 atom stereocenters. The maximum Gasteiger partial charge on any atom is 0.261 e. The highest BCUT2D eigenvalue weighted by Crippen LogP contribution is 2.32. The van der Waals surface area contributed by atoms with E-state index in [0.717, 1.165) is 11.4 Å². The summed E-state index contributed by atoms with van der Waals surface area (Å²) in [6, 6.07) is 12.7. The molecule has 3 nitrogen and oxygen atoms in total. The summed E-state index contributed by atoms with van der Waals surface area (Å²) in [6.45, 7) is 5.52. The summed E-state index contributed by atoms with van der Waals surface area (Å²) in [5, 5.41) is 3.29. The third-order valence-electron chi connectivity index (χ3n) is 5.20. The second-order valence-electron chi connectivity index (χ2n) is 6.66. The number of benzene rings is 1. The van der Waals surface area contributed by atoms with Crippen molar-refractivity contribution in [3.8, 4) is 11.1 Å². The van der Waals surface area contributed by atoms with Gasteiger partial charge in [-0.3, -0.25) is 4.79 Å². The number of carbonyl (C=O) groups is 1. The average Bonchev–Trinajstić information content (AvgIpc) is 2.99. The van der Waals surface area contributed by atoms with Crippen molar-refractivity contribution in [2.24, 2.45) is 5.92 Å². The van der Waals surface area contributed by atoms with Crippen LogP contribution in [0.2, 0.25) is 0 Å². The van der Waals surface area contributed by atoms with Crippen molar-refractivity contribution in [1.82, 2.24) is 10.2 Å². The zero-order valence-electron chi connectivity index (χ0n) is 13.4. The highest BCUT2D eigenvalue weighted by atomic mass is 32.1. The van der Waals surface area contributed by atoms with Gasteiger partial charge >= 0.3 is 0 Å². The highest BCUT2D eigenvalue weighted by molar-refractivity contribution is 7.14. The molecule has 2 bridgehead atoms. The fourth-order valence-corrected chi connectivity index (χ4v) is 4.81. The van der Waals surface area contributed by atoms with Crippen LogP contribution >= 0.6 is 11.3 Å². The Morgan fingerprint density at radius 2 is 1.96 bits per heavy atom. The van der Waals surface area contributed by atoms with Gasteiger partial charge in [0.25, 0.3) is 5.91 Å². The smallest absolute Gasteiger partial charge is 0.261 e. The zero-order valence-corrected chi connectivity index (χ0v) is 14.2. The van der Waals surface area contributed by atoms with E-state index in [1.54, 1.807) is 11.3 Å². The van der Waals surface area contributed by atoms with Crippen molar-refractivity contribution in [3.05, 3.63) is 46.2 Å². The first-order valence-electron chi connectivity index (χ1n) is 8.40. The first-order chi connectivity index (χ1) is 11.2. The third-order valence-corrected chi connectivity index (χ3v) is 6.25. The molecule has 120 valence electrons. The van der Waals surface area contributed by atoms with Gasteiger partial charge in [-0.15, -0.1) is 11.3 Å². The van der Waals surface area contributed by atoms with Gasteiger partial charge in [-0.25, -0.2) is 0 Å². The first-order valence-corrected chi connectivity index (χ1v) is 9.21. The van der Waals surface area contributed by atoms with Crippen LogP contribution in [0.1, 0.15) is 27.4 Å². The van der Waals surface area contributed by atoms with Crippen LogP contribution in [-0.4, -0.2) is 36.5 Å². The lowest BCUT2D eigenvalue weighted by Gasteiger charge is -2.44. The van der Waals surface area contributed by atoms with Crippen molar-refractivity contribution in [3.63, 3.8) is 0 Å². The molecule has 0 saturated carbocycles. The Labute approximate surface area is 141 Å². The lowest BCUT2D eigenvalue weighted by Crippen LogP contribution is -2.57. The number of carbonyl (C=O) groups excluding carboxylic acids is 1. The molecule has 23 heavy (non-hydrogen) atoms. The minimum Gasteiger partial charge on any atom is -0.347 e. The monoisotopic (exact) mass is 326 g/mol. The number of hydrogen-bond acceptors (Lipinski definition) is 3. The van der Waals surface area contributed by atoms with E-state index in [0.29, 0.717) is 12.0 Å². The molecule has 0 radical (unpaired) electrons. The molecule has 1 aromatic carbocycles. The van der Waals surface area contributed by atoms with Crippen LogP contribution in [-0.2, 0) is 0 Å². The Kier molecular flexibility index (Phi) is 3.95. The van der Waals surface area contributed by atoms with Crippen molar-refractivity contribution >= 4 is 17.2 Å². The van der Waals surface area contributed by atoms with Gasteiger partial charge in [-0.1, -0.05) is 30.3 Å². The van der Waals surface area contributed by atoms with Gasteiger partial charge in [0.05, 0.1) is 4.88 Å². The Balaban J connectivity index is 1.51. The maximum absolute atomic E-state index is 12.7. The highest BCUT2D eigenvalue weighted by Gasteiger charge is 2.35. The predicted octanol–water partition coefficient (Wildman–Crippen LogP) is 3.55. The Bertz CT molecular complexity index is 701. The quantitative estimate of drug-likeness (QED) is 0.935. The lowest BCUT2D eigenvalue weighted by molar-refractivity contribution is 0.0622. The first kappa shape index (κ1) is 14.9. The van der Waals surface area contributed by atoms with Gasteiger partial charge in [0.1, 0.15) is 0 Å². The van der Waals surface area contributed by atoms with Gasteiger partial charge in [-0.05, 0) is 56.0 Å². The zero-order chi connectivity index (χ0) is 15.8. The van der Waals surface area contributed by atoms with Gasteiger partial charge < -0.3 is 10.2 Å². The molecular weight excluding hydrogens is 304 g/mol. The van der Waals surface area contributed by atoms with E-state index < -0.39 is 0 Å². The Morgan fingerprint density at radius 1 is 1.22 bits per heavy atom. The van der Waals surface area contributed by atoms with Crippen molar-refractivity contribution in [2.45, 2.75) is 25.8 Å². The fraction of sp³-hybridized carbons (Fsp3) is 0.421. The number of fused-ring (bicyclic) bond motifs is 3. The van der Waals surface area contributed by atoms with Crippen LogP contribution in [0.5, 0.6) is 0 Å². The molecule has 3 fully saturated rings. The molecule has 3 aliphatic heterocycles. The number of piperidine rings is 3. The third kappa shape index (κ3) is 2.93. The van der Waals surface area contributed by atoms with E-state index >= 15 is 0 Å². The van der Waals surface area contributed by atoms with Gasteiger partial charge in [0.2, 0.25) is 0 Å². The molecule has 2 aromatic rings. The second kappa shape index (κ2) is 6.10. The normalized spacial score (nSPS) is 26.2. The van der Waals surface area contributed by atoms with Crippen LogP contribution in [0.3, 0.4) is 0 Å². The van der Waals surface area contributed by atoms with E-state index in [1.165, 1.54) is 41.9 Å². The van der Waals surface area contributed by atoms with Crippen LogP contribution in [0.15, 0.2) is 36.4 Å². The van der Waals surface area contributed by atoms with Gasteiger partial charge in [0, 0.05) is 17.5 Å². The number of nitrogens with one attached hydrogen (secondary N) is 1. The number of aryl methyl sites for hydroxylation is 1. The summed E-state index contributed by atoms with van der Waals surface area (Å²) in [5.41, 5.74) is 2.36. The number of thiophene rings is 1. The van der Waals surface area contributed by atoms with E-state index in [-0.39, 0.29) is 5.91 Å². The van der Waals surface area contributed by atoms with Crippen LogP contribution < -0.4 is 5.32 Å². The number of hydrogen-bond donors (Lipinski definition) is 1. The van der Waals surface area contributed by atoms with Crippen LogP contribution in [0.25, 0.3) is 11.1 Å². The molecular formula is C19H22N2OS. The summed E-state index contributed by atoms with van der Waals surface area (Å²) in [4.78, 5) is 17.2. The minimum atomic E-state index is 0.0963. The molecule has 1 aromatic heterocycles. The van der Waals surface area contributed by atoms with Gasteiger partial charge in [-0.2, -0.15) is 0 Å². The van der Waals surface area contributed by atoms with Crippen molar-refractivity contribution in [1.29, 1.82) is 0 Å². The molecule has 0 spiro atoms. The Hall–Kier alpha value is -1.65. The van der Waals surface area contributed by atoms with Gasteiger partial charge in [0.15, 0.2) is 0 Å². The molecule has 0 unspecified atom stereocenters. The molecule has 4 heteroatoms. The second-order valence-corrected chi connectivity index (χ2v) is 7.92. The summed E-state index contributed by atoms with van der Waals surface area (Å²) >= 11 is 1.60. The molecule has 0 aliphatic carbocycles. The topological polar surface area (TPSA) is 32.3 Å². The largest absolute Gasteiger partial charge is 0.347 e. The summed E-state index contributed by atoms with van der Waals surface area (Å²) < 4.78 is 0. The molecule has 4 heterocycles. The summed E-state index contributed by atoms with van der Waals surface area (Å²) in [6.07, 6.45) is 2.45. The Morgan fingerprint density at radius 3 is 2.61 bits per heavy atom. The molecule has 3 aliphatic rings. The standard InChI is InChI=1S/C19H22N2OS/c1-13-16(14-5-3-2-4-6-14)11-18(23-13)19(22)20-17-12-21-9-7-15(17)8-10-21/h2-6,11,15,17H,7-10,12H2,1H3,(H,20,22)/t17-/m0/s1. The number of rotatable bonds is 3. The molecule has 1 N–H and O–H groups in total. The predicted molar refractivity (Wildman–Crippen MR) is 94.9 cm³/mol. The average molecular weight is 326 g/mol. The van der Waals surface area contributed by atoms with E-state index in [9.17, 15) is 4.79 Å².